The predicted octanol–water partition coefficient (Wildman–Crippen LogP) is 13.1. The van der Waals surface area contributed by atoms with Crippen molar-refractivity contribution in [2.45, 2.75) is 58.5 Å². The van der Waals surface area contributed by atoms with Crippen molar-refractivity contribution in [2.24, 2.45) is 0 Å². The maximum atomic E-state index is 13.1. The molecule has 0 aliphatic carbocycles. The molecule has 14 nitrogen and oxygen atoms in total. The Kier molecular flexibility index (Phi) is 18.8. The molecule has 75 heavy (non-hydrogen) atoms. The Morgan fingerprint density at radius 1 is 0.680 bits per heavy atom. The van der Waals surface area contributed by atoms with Crippen LogP contribution in [0.3, 0.4) is 0 Å². The van der Waals surface area contributed by atoms with E-state index in [4.69, 9.17) is 24.4 Å². The van der Waals surface area contributed by atoms with E-state index in [2.05, 4.69) is 137 Å². The standard InChI is InChI=1S/C29H30F3N4.C25H17N3O6S.CNS.Ru/c1-27(2,3)19-7-11-21(12-8-19)36(22-13-9-20(10-14-22)28(4,5)6)23-15-16-33-24(17-23)25-18-26(35-34-25)29(30,31)32;29-14-33-17-4-6-27-20(10-17)22-12-18(34-15-30)11-21(28-22)19-9-16(3-5-26-19)1-2-24-25-23(13-35-24)31-7-8-32-25;2-1-3;/h7-18H,1-6H3;1-6,9-15H,7-8H2;;/q-1;;-1;+2/b;2-1+;;. The van der Waals surface area contributed by atoms with Crippen molar-refractivity contribution in [3.8, 4) is 57.2 Å². The summed E-state index contributed by atoms with van der Waals surface area (Å²) in [5.41, 5.74) is 7.18. The van der Waals surface area contributed by atoms with Crippen molar-refractivity contribution in [1.82, 2.24) is 30.1 Å². The van der Waals surface area contributed by atoms with E-state index < -0.39 is 11.9 Å². The molecule has 1 aliphatic heterocycles. The second-order valence-electron chi connectivity index (χ2n) is 18.2. The smallest absolute Gasteiger partial charge is 0.753 e. The number of fused-ring (bicyclic) bond motifs is 1. The van der Waals surface area contributed by atoms with Gasteiger partial charge >= 0.3 is 25.7 Å². The van der Waals surface area contributed by atoms with Crippen LogP contribution >= 0.6 is 23.6 Å². The molecule has 20 heteroatoms. The fourth-order valence-electron chi connectivity index (χ4n) is 7.36. The first-order chi connectivity index (χ1) is 35.4. The monoisotopic (exact) mass is 1140 g/mol. The molecule has 8 aromatic rings. The maximum Gasteiger partial charge on any atom is 2.00 e. The van der Waals surface area contributed by atoms with Crippen LogP contribution < -0.4 is 28.9 Å². The van der Waals surface area contributed by atoms with Crippen molar-refractivity contribution < 1.29 is 61.2 Å². The average Bonchev–Trinajstić information content (AvgIpc) is 4.06. The number of thiocarbonyl (C=S) groups is 1. The zero-order chi connectivity index (χ0) is 53.0. The Balaban J connectivity index is 0.000000229. The quantitative estimate of drug-likeness (QED) is 0.0489. The van der Waals surface area contributed by atoms with Crippen molar-refractivity contribution >= 4 is 70.9 Å². The number of pyridine rings is 4. The first kappa shape index (κ1) is 56.5. The van der Waals surface area contributed by atoms with Crippen molar-refractivity contribution in [2.75, 3.05) is 18.1 Å². The molecule has 384 valence electrons. The van der Waals surface area contributed by atoms with Crippen LogP contribution in [-0.2, 0) is 46.1 Å². The Labute approximate surface area is 453 Å². The van der Waals surface area contributed by atoms with E-state index in [0.29, 0.717) is 60.4 Å². The van der Waals surface area contributed by atoms with Crippen molar-refractivity contribution in [1.29, 1.82) is 0 Å². The number of hydrogen-bond acceptors (Lipinski definition) is 14. The summed E-state index contributed by atoms with van der Waals surface area (Å²) < 4.78 is 60.5. The molecule has 0 amide bonds. The molecule has 0 saturated carbocycles. The molecular weight excluding hydrogens is 1090 g/mol. The second kappa shape index (κ2) is 25.0. The number of ether oxygens (including phenoxy) is 4. The van der Waals surface area contributed by atoms with Gasteiger partial charge in [-0.05, 0) is 94.3 Å². The topological polar surface area (TPSA) is 175 Å². The number of anilines is 3. The fourth-order valence-corrected chi connectivity index (χ4v) is 8.18. The van der Waals surface area contributed by atoms with Gasteiger partial charge < -0.3 is 39.5 Å². The number of hydrogen-bond donors (Lipinski definition) is 0. The summed E-state index contributed by atoms with van der Waals surface area (Å²) in [7, 11) is 0. The number of halogens is 3. The van der Waals surface area contributed by atoms with E-state index in [1.165, 1.54) is 22.5 Å². The molecule has 0 unspecified atom stereocenters. The maximum absolute atomic E-state index is 13.1. The van der Waals surface area contributed by atoms with E-state index in [0.717, 1.165) is 45.1 Å². The molecule has 9 rings (SSSR count). The minimum Gasteiger partial charge on any atom is -0.753 e. The van der Waals surface area contributed by atoms with Gasteiger partial charge in [0.2, 0.25) is 0 Å². The average molecular weight is 1140 g/mol. The number of nitrogens with zero attached hydrogens (tertiary/aromatic N) is 8. The molecule has 0 bridgehead atoms. The van der Waals surface area contributed by atoms with E-state index in [-0.39, 0.29) is 41.8 Å². The molecule has 0 spiro atoms. The Hall–Kier alpha value is -7.76. The van der Waals surface area contributed by atoms with Gasteiger partial charge in [-0.2, -0.15) is 18.3 Å². The molecule has 7 heterocycles. The minimum atomic E-state index is -4.56. The number of carbonyl (C=O) groups excluding carboxylic acids is 2. The van der Waals surface area contributed by atoms with Crippen LogP contribution in [0, 0.1) is 0 Å². The molecular formula is C55H47F3N8O6RuS2. The van der Waals surface area contributed by atoms with Crippen LogP contribution in [0.1, 0.15) is 68.8 Å². The Bertz CT molecular complexity index is 3240. The summed E-state index contributed by atoms with van der Waals surface area (Å²) in [4.78, 5) is 42.3. The third kappa shape index (κ3) is 14.7. The summed E-state index contributed by atoms with van der Waals surface area (Å²) >= 11 is 5.24. The summed E-state index contributed by atoms with van der Waals surface area (Å²) in [6, 6.07) is 31.2. The summed E-state index contributed by atoms with van der Waals surface area (Å²) in [5, 5.41) is 17.4. The van der Waals surface area contributed by atoms with Gasteiger partial charge in [0.25, 0.3) is 12.9 Å². The van der Waals surface area contributed by atoms with Gasteiger partial charge in [0, 0.05) is 59.2 Å². The Morgan fingerprint density at radius 3 is 1.79 bits per heavy atom. The second-order valence-corrected chi connectivity index (χ2v) is 19.3. The summed E-state index contributed by atoms with van der Waals surface area (Å²) in [5.74, 6) is 2.10. The summed E-state index contributed by atoms with van der Waals surface area (Å²) in [6.07, 6.45) is 4.09. The molecule has 6 aromatic heterocycles. The van der Waals surface area contributed by atoms with Crippen LogP contribution in [0.25, 0.3) is 51.7 Å². The molecule has 0 atom stereocenters. The van der Waals surface area contributed by atoms with Crippen LogP contribution in [0.2, 0.25) is 0 Å². The van der Waals surface area contributed by atoms with E-state index in [1.807, 2.05) is 35.7 Å². The first-order valence-electron chi connectivity index (χ1n) is 22.7. The van der Waals surface area contributed by atoms with Gasteiger partial charge in [0.15, 0.2) is 11.5 Å². The van der Waals surface area contributed by atoms with E-state index >= 15 is 0 Å². The molecule has 0 N–H and O–H groups in total. The number of carbonyl (C=O) groups is 2. The van der Waals surface area contributed by atoms with E-state index in [9.17, 15) is 22.8 Å². The normalized spacial score (nSPS) is 11.9. The van der Waals surface area contributed by atoms with Crippen LogP contribution in [0.5, 0.6) is 23.0 Å². The third-order valence-electron chi connectivity index (χ3n) is 11.0. The Morgan fingerprint density at radius 2 is 1.21 bits per heavy atom. The van der Waals surface area contributed by atoms with Crippen LogP contribution in [-0.4, -0.2) is 56.4 Å². The molecule has 0 fully saturated rings. The molecule has 1 aliphatic rings. The van der Waals surface area contributed by atoms with Crippen molar-refractivity contribution in [3.63, 3.8) is 0 Å². The van der Waals surface area contributed by atoms with Gasteiger partial charge in [-0.1, -0.05) is 89.8 Å². The van der Waals surface area contributed by atoms with Gasteiger partial charge in [0.05, 0.1) is 33.3 Å². The summed E-state index contributed by atoms with van der Waals surface area (Å²) in [6.45, 7) is 14.7. The fraction of sp³-hybridized carbons (Fsp3) is 0.200. The largest absolute Gasteiger partial charge is 2.00 e. The molecule has 0 radical (unpaired) electrons. The third-order valence-corrected chi connectivity index (χ3v) is 11.9. The van der Waals surface area contributed by atoms with E-state index in [1.54, 1.807) is 54.1 Å². The van der Waals surface area contributed by atoms with Crippen molar-refractivity contribution in [3.05, 3.63) is 160 Å². The molecule has 2 aromatic carbocycles. The number of rotatable bonds is 12. The molecule has 0 saturated heterocycles. The number of benzene rings is 2. The van der Waals surface area contributed by atoms with Gasteiger partial charge in [-0.25, -0.2) is 4.98 Å². The predicted molar refractivity (Wildman–Crippen MR) is 282 cm³/mol. The first-order valence-corrected chi connectivity index (χ1v) is 23.9. The number of alkyl halides is 3. The van der Waals surface area contributed by atoms with Crippen LogP contribution in [0.4, 0.5) is 30.2 Å². The van der Waals surface area contributed by atoms with Gasteiger partial charge in [0.1, 0.15) is 30.4 Å². The van der Waals surface area contributed by atoms with Crippen LogP contribution in [0.15, 0.2) is 127 Å². The number of isothiocyanates is 1. The zero-order valence-electron chi connectivity index (χ0n) is 41.2. The minimum absolute atomic E-state index is 0. The van der Waals surface area contributed by atoms with Gasteiger partial charge in [-0.3, -0.25) is 24.5 Å². The number of aromatic nitrogens is 6. The number of thiophene rings is 1. The SMILES string of the molecule is CC(C)(C)c1ccc(N(c2ccc(C(C)(C)C)cc2)c2ccnc(-c3cc(C(F)(F)F)n[n-]3)c2)cc1.O=COc1ccnc(-c2cc(OC=O)cc(-c3cc(/C=C/c4scc5c4OCCO5)ccn3)n2)c1.[N-]=C=S.[Ru+2]. The zero-order valence-corrected chi connectivity index (χ0v) is 44.6. The van der Waals surface area contributed by atoms with Gasteiger partial charge in [-0.15, -0.1) is 11.3 Å².